The predicted octanol–water partition coefficient (Wildman–Crippen LogP) is 2.32. The zero-order valence-corrected chi connectivity index (χ0v) is 10.5. The second-order valence-corrected chi connectivity index (χ2v) is 5.19. The molecule has 2 aliphatic carbocycles. The molecule has 1 aromatic heterocycles. The highest BCUT2D eigenvalue weighted by Crippen LogP contribution is 2.30. The summed E-state index contributed by atoms with van der Waals surface area (Å²) in [6, 6.07) is 5.90. The van der Waals surface area contributed by atoms with Crippen molar-refractivity contribution in [2.45, 2.75) is 51.2 Å². The molecule has 0 aliphatic heterocycles. The van der Waals surface area contributed by atoms with Gasteiger partial charge in [0.15, 0.2) is 0 Å². The van der Waals surface area contributed by atoms with Crippen LogP contribution >= 0.6 is 0 Å². The van der Waals surface area contributed by atoms with Crippen molar-refractivity contribution in [3.05, 3.63) is 23.9 Å². The van der Waals surface area contributed by atoms with Crippen molar-refractivity contribution < 1.29 is 0 Å². The molecule has 0 spiro atoms. The van der Waals surface area contributed by atoms with Gasteiger partial charge in [0, 0.05) is 31.4 Å². The van der Waals surface area contributed by atoms with Crippen LogP contribution in [0.4, 0.5) is 5.82 Å². The Morgan fingerprint density at radius 3 is 2.82 bits per heavy atom. The fraction of sp³-hybridized carbons (Fsp3) is 0.643. The lowest BCUT2D eigenvalue weighted by atomic mass is 10.2. The lowest BCUT2D eigenvalue weighted by molar-refractivity contribution is 0.686. The number of hydrogen-bond donors (Lipinski definition) is 1. The number of anilines is 1. The molecule has 3 rings (SSSR count). The molecule has 3 nitrogen and oxygen atoms in total. The van der Waals surface area contributed by atoms with E-state index in [9.17, 15) is 0 Å². The summed E-state index contributed by atoms with van der Waals surface area (Å²) in [6.45, 7) is 4.27. The topological polar surface area (TPSA) is 28.2 Å². The fourth-order valence-corrected chi connectivity index (χ4v) is 2.27. The Balaban J connectivity index is 1.67. The van der Waals surface area contributed by atoms with Crippen LogP contribution < -0.4 is 10.2 Å². The quantitative estimate of drug-likeness (QED) is 0.814. The van der Waals surface area contributed by atoms with Crippen LogP contribution in [0.25, 0.3) is 0 Å². The van der Waals surface area contributed by atoms with Gasteiger partial charge in [-0.05, 0) is 50.3 Å². The number of aromatic nitrogens is 1. The van der Waals surface area contributed by atoms with E-state index in [-0.39, 0.29) is 0 Å². The molecule has 0 aromatic carbocycles. The summed E-state index contributed by atoms with van der Waals surface area (Å²) in [6.07, 6.45) is 7.31. The van der Waals surface area contributed by atoms with Gasteiger partial charge in [-0.25, -0.2) is 4.98 Å². The summed E-state index contributed by atoms with van der Waals surface area (Å²) in [5.74, 6) is 1.16. The smallest absolute Gasteiger partial charge is 0.129 e. The molecular formula is C14H21N3. The van der Waals surface area contributed by atoms with Gasteiger partial charge in [-0.15, -0.1) is 0 Å². The highest BCUT2D eigenvalue weighted by molar-refractivity contribution is 5.43. The van der Waals surface area contributed by atoms with Crippen LogP contribution in [0.2, 0.25) is 0 Å². The van der Waals surface area contributed by atoms with E-state index in [0.717, 1.165) is 31.0 Å². The molecular weight excluding hydrogens is 210 g/mol. The van der Waals surface area contributed by atoms with Crippen molar-refractivity contribution in [2.24, 2.45) is 0 Å². The van der Waals surface area contributed by atoms with Crippen LogP contribution in [0.5, 0.6) is 0 Å². The zero-order chi connectivity index (χ0) is 11.7. The highest BCUT2D eigenvalue weighted by atomic mass is 15.2. The molecule has 2 aliphatic rings. The Bertz CT molecular complexity index is 383. The summed E-state index contributed by atoms with van der Waals surface area (Å²) in [5.41, 5.74) is 1.36. The van der Waals surface area contributed by atoms with E-state index >= 15 is 0 Å². The van der Waals surface area contributed by atoms with Crippen LogP contribution in [-0.4, -0.2) is 23.6 Å². The average molecular weight is 231 g/mol. The van der Waals surface area contributed by atoms with Gasteiger partial charge in [0.1, 0.15) is 5.82 Å². The Morgan fingerprint density at radius 2 is 2.18 bits per heavy atom. The Kier molecular flexibility index (Phi) is 3.02. The lowest BCUT2D eigenvalue weighted by Crippen LogP contribution is -2.26. The molecule has 0 atom stereocenters. The molecule has 0 amide bonds. The van der Waals surface area contributed by atoms with Crippen molar-refractivity contribution >= 4 is 5.82 Å². The number of pyridine rings is 1. The fourth-order valence-electron chi connectivity index (χ4n) is 2.27. The second-order valence-electron chi connectivity index (χ2n) is 5.19. The van der Waals surface area contributed by atoms with Crippen molar-refractivity contribution in [3.63, 3.8) is 0 Å². The minimum Gasteiger partial charge on any atom is -0.354 e. The van der Waals surface area contributed by atoms with Gasteiger partial charge in [0.2, 0.25) is 0 Å². The maximum atomic E-state index is 4.51. The Morgan fingerprint density at radius 1 is 1.35 bits per heavy atom. The third-order valence-electron chi connectivity index (χ3n) is 3.60. The third kappa shape index (κ3) is 2.78. The van der Waals surface area contributed by atoms with Crippen LogP contribution in [0, 0.1) is 0 Å². The summed E-state index contributed by atoms with van der Waals surface area (Å²) in [5, 5.41) is 3.56. The van der Waals surface area contributed by atoms with Gasteiger partial charge >= 0.3 is 0 Å². The van der Waals surface area contributed by atoms with Crippen molar-refractivity contribution in [1.82, 2.24) is 10.3 Å². The highest BCUT2D eigenvalue weighted by Gasteiger charge is 2.28. The normalized spacial score (nSPS) is 19.4. The molecule has 1 aromatic rings. The van der Waals surface area contributed by atoms with Crippen LogP contribution in [0.1, 0.15) is 38.2 Å². The maximum Gasteiger partial charge on any atom is 0.129 e. The first-order valence-electron chi connectivity index (χ1n) is 6.82. The van der Waals surface area contributed by atoms with Gasteiger partial charge in [0.05, 0.1) is 0 Å². The molecule has 92 valence electrons. The molecule has 2 fully saturated rings. The SMILES string of the molecule is CCN(c1cc(CNC2CC2)ccn1)C1CC1. The van der Waals surface area contributed by atoms with E-state index in [0.29, 0.717) is 0 Å². The molecule has 3 heteroatoms. The molecule has 1 N–H and O–H groups in total. The summed E-state index contributed by atoms with van der Waals surface area (Å²) in [7, 11) is 0. The molecule has 17 heavy (non-hydrogen) atoms. The van der Waals surface area contributed by atoms with E-state index in [1.807, 2.05) is 6.20 Å². The van der Waals surface area contributed by atoms with Crippen molar-refractivity contribution in [3.8, 4) is 0 Å². The largest absolute Gasteiger partial charge is 0.354 e. The van der Waals surface area contributed by atoms with E-state index in [1.54, 1.807) is 0 Å². The molecule has 0 saturated heterocycles. The summed E-state index contributed by atoms with van der Waals surface area (Å²) < 4.78 is 0. The minimum absolute atomic E-state index is 0.749. The first-order chi connectivity index (χ1) is 8.36. The number of nitrogens with zero attached hydrogens (tertiary/aromatic N) is 2. The van der Waals surface area contributed by atoms with E-state index in [1.165, 1.54) is 31.2 Å². The second kappa shape index (κ2) is 4.65. The van der Waals surface area contributed by atoms with E-state index < -0.39 is 0 Å². The van der Waals surface area contributed by atoms with E-state index in [4.69, 9.17) is 0 Å². The number of nitrogens with one attached hydrogen (secondary N) is 1. The van der Waals surface area contributed by atoms with Gasteiger partial charge in [-0.3, -0.25) is 0 Å². The summed E-state index contributed by atoms with van der Waals surface area (Å²) >= 11 is 0. The third-order valence-corrected chi connectivity index (χ3v) is 3.60. The zero-order valence-electron chi connectivity index (χ0n) is 10.5. The Labute approximate surface area is 103 Å². The molecule has 0 radical (unpaired) electrons. The molecule has 0 unspecified atom stereocenters. The first kappa shape index (κ1) is 11.0. The van der Waals surface area contributed by atoms with Crippen LogP contribution in [0.3, 0.4) is 0 Å². The van der Waals surface area contributed by atoms with Gasteiger partial charge in [0.25, 0.3) is 0 Å². The van der Waals surface area contributed by atoms with Crippen molar-refractivity contribution in [1.29, 1.82) is 0 Å². The predicted molar refractivity (Wildman–Crippen MR) is 70.1 cm³/mol. The standard InChI is InChI=1S/C14H21N3/c1-2-17(13-5-6-13)14-9-11(7-8-15-14)10-16-12-3-4-12/h7-9,12-13,16H,2-6,10H2,1H3. The maximum absolute atomic E-state index is 4.51. The lowest BCUT2D eigenvalue weighted by Gasteiger charge is -2.21. The number of rotatable bonds is 6. The average Bonchev–Trinajstić information content (AvgIpc) is 3.22. The first-order valence-corrected chi connectivity index (χ1v) is 6.82. The summed E-state index contributed by atoms with van der Waals surface area (Å²) in [4.78, 5) is 6.94. The van der Waals surface area contributed by atoms with E-state index in [2.05, 4.69) is 34.3 Å². The molecule has 1 heterocycles. The monoisotopic (exact) mass is 231 g/mol. The molecule has 0 bridgehead atoms. The van der Waals surface area contributed by atoms with Gasteiger partial charge < -0.3 is 10.2 Å². The van der Waals surface area contributed by atoms with Gasteiger partial charge in [-0.1, -0.05) is 0 Å². The van der Waals surface area contributed by atoms with Crippen molar-refractivity contribution in [2.75, 3.05) is 11.4 Å². The minimum atomic E-state index is 0.749. The molecule has 2 saturated carbocycles. The van der Waals surface area contributed by atoms with Gasteiger partial charge in [-0.2, -0.15) is 0 Å². The van der Waals surface area contributed by atoms with Crippen LogP contribution in [0.15, 0.2) is 18.3 Å². The Hall–Kier alpha value is -1.09. The number of hydrogen-bond acceptors (Lipinski definition) is 3. The van der Waals surface area contributed by atoms with Crippen LogP contribution in [-0.2, 0) is 6.54 Å².